The lowest BCUT2D eigenvalue weighted by Gasteiger charge is -2.03. The Hall–Kier alpha value is -2.20. The van der Waals surface area contributed by atoms with Gasteiger partial charge in [0.05, 0.1) is 15.8 Å². The number of hydrogen-bond acceptors (Lipinski definition) is 3. The van der Waals surface area contributed by atoms with Gasteiger partial charge in [-0.1, -0.05) is 29.8 Å². The number of fused-ring (bicyclic) bond motifs is 3. The molecule has 18 heavy (non-hydrogen) atoms. The number of nitrogens with zero attached hydrogens (tertiary/aromatic N) is 2. The fraction of sp³-hybridized carbons (Fsp3) is 0. The zero-order valence-electron chi connectivity index (χ0n) is 9.13. The molecule has 0 radical (unpaired) electrons. The fourth-order valence-corrected chi connectivity index (χ4v) is 2.21. The average Bonchev–Trinajstić information content (AvgIpc) is 2.37. The van der Waals surface area contributed by atoms with E-state index in [0.717, 1.165) is 10.8 Å². The third-order valence-corrected chi connectivity index (χ3v) is 3.07. The van der Waals surface area contributed by atoms with E-state index in [1.807, 2.05) is 18.2 Å². The molecule has 0 saturated carbocycles. The van der Waals surface area contributed by atoms with Crippen LogP contribution in [0.1, 0.15) is 0 Å². The van der Waals surface area contributed by atoms with Crippen LogP contribution in [0.25, 0.3) is 21.7 Å². The highest BCUT2D eigenvalue weighted by atomic mass is 35.5. The lowest BCUT2D eigenvalue weighted by molar-refractivity contribution is -0.383. The second-order valence-electron chi connectivity index (χ2n) is 3.90. The summed E-state index contributed by atoms with van der Waals surface area (Å²) in [5, 5.41) is 13.6. The summed E-state index contributed by atoms with van der Waals surface area (Å²) in [6.45, 7) is 0. The molecule has 0 fully saturated rings. The first-order valence-electron chi connectivity index (χ1n) is 5.29. The second kappa shape index (κ2) is 3.92. The van der Waals surface area contributed by atoms with Gasteiger partial charge in [-0.3, -0.25) is 10.1 Å². The maximum absolute atomic E-state index is 11.0. The lowest BCUT2D eigenvalue weighted by Crippen LogP contribution is -1.90. The Kier molecular flexibility index (Phi) is 2.38. The van der Waals surface area contributed by atoms with E-state index in [0.29, 0.717) is 16.1 Å². The molecule has 0 atom stereocenters. The number of halogens is 1. The van der Waals surface area contributed by atoms with Crippen LogP contribution in [-0.4, -0.2) is 9.91 Å². The topological polar surface area (TPSA) is 56.0 Å². The molecule has 1 aromatic heterocycles. The summed E-state index contributed by atoms with van der Waals surface area (Å²) >= 11 is 5.88. The molecule has 0 amide bonds. The number of benzene rings is 2. The van der Waals surface area contributed by atoms with Crippen LogP contribution in [0, 0.1) is 10.1 Å². The van der Waals surface area contributed by atoms with Crippen LogP contribution >= 0.6 is 11.6 Å². The Labute approximate surface area is 107 Å². The van der Waals surface area contributed by atoms with Gasteiger partial charge in [-0.25, -0.2) is 4.98 Å². The van der Waals surface area contributed by atoms with Gasteiger partial charge in [0.1, 0.15) is 5.15 Å². The van der Waals surface area contributed by atoms with Crippen LogP contribution in [0.4, 0.5) is 5.69 Å². The SMILES string of the molecule is O=[N+]([O-])c1cccc2c1ccc1ccc(Cl)nc12. The monoisotopic (exact) mass is 258 g/mol. The number of hydrogen-bond donors (Lipinski definition) is 0. The van der Waals surface area contributed by atoms with E-state index in [1.165, 1.54) is 6.07 Å². The van der Waals surface area contributed by atoms with Crippen LogP contribution in [-0.2, 0) is 0 Å². The van der Waals surface area contributed by atoms with Gasteiger partial charge in [0.15, 0.2) is 0 Å². The van der Waals surface area contributed by atoms with Crippen LogP contribution in [0.3, 0.4) is 0 Å². The van der Waals surface area contributed by atoms with Gasteiger partial charge >= 0.3 is 0 Å². The molecule has 0 aliphatic carbocycles. The quantitative estimate of drug-likeness (QED) is 0.287. The predicted octanol–water partition coefficient (Wildman–Crippen LogP) is 3.95. The van der Waals surface area contributed by atoms with Crippen molar-refractivity contribution in [3.05, 3.63) is 57.7 Å². The van der Waals surface area contributed by atoms with Crippen LogP contribution in [0.5, 0.6) is 0 Å². The summed E-state index contributed by atoms with van der Waals surface area (Å²) in [5.41, 5.74) is 0.764. The first-order chi connectivity index (χ1) is 8.66. The van der Waals surface area contributed by atoms with E-state index in [2.05, 4.69) is 4.98 Å². The molecule has 0 N–H and O–H groups in total. The Morgan fingerprint density at radius 1 is 1.06 bits per heavy atom. The minimum absolute atomic E-state index is 0.0798. The van der Waals surface area contributed by atoms with Crippen LogP contribution in [0.15, 0.2) is 42.5 Å². The summed E-state index contributed by atoms with van der Waals surface area (Å²) in [6.07, 6.45) is 0. The molecule has 2 aromatic carbocycles. The molecular weight excluding hydrogens is 252 g/mol. The third-order valence-electron chi connectivity index (χ3n) is 2.86. The van der Waals surface area contributed by atoms with Gasteiger partial charge in [-0.05, 0) is 18.2 Å². The van der Waals surface area contributed by atoms with Gasteiger partial charge in [0.2, 0.25) is 0 Å². The van der Waals surface area contributed by atoms with Gasteiger partial charge in [0, 0.05) is 16.8 Å². The summed E-state index contributed by atoms with van der Waals surface area (Å²) in [6, 6.07) is 12.1. The standard InChI is InChI=1S/C13H7ClN2O2/c14-12-7-5-8-4-6-9-10(13(8)15-12)2-1-3-11(9)16(17)18/h1-7H. The number of nitro benzene ring substituents is 1. The van der Waals surface area contributed by atoms with Crippen molar-refractivity contribution in [1.29, 1.82) is 0 Å². The van der Waals surface area contributed by atoms with Crippen molar-refractivity contribution in [3.8, 4) is 0 Å². The number of aromatic nitrogens is 1. The molecule has 0 saturated heterocycles. The van der Waals surface area contributed by atoms with E-state index in [4.69, 9.17) is 11.6 Å². The van der Waals surface area contributed by atoms with E-state index in [9.17, 15) is 10.1 Å². The smallest absolute Gasteiger partial charge is 0.258 e. The van der Waals surface area contributed by atoms with Crippen molar-refractivity contribution in [2.45, 2.75) is 0 Å². The summed E-state index contributed by atoms with van der Waals surface area (Å²) in [4.78, 5) is 14.8. The molecule has 0 spiro atoms. The van der Waals surface area contributed by atoms with Gasteiger partial charge < -0.3 is 0 Å². The van der Waals surface area contributed by atoms with Crippen molar-refractivity contribution in [3.63, 3.8) is 0 Å². The molecule has 88 valence electrons. The molecule has 0 aliphatic heterocycles. The zero-order valence-corrected chi connectivity index (χ0v) is 9.89. The van der Waals surface area contributed by atoms with Gasteiger partial charge in [0.25, 0.3) is 5.69 Å². The molecule has 3 rings (SSSR count). The van der Waals surface area contributed by atoms with E-state index >= 15 is 0 Å². The highest BCUT2D eigenvalue weighted by molar-refractivity contribution is 6.30. The molecule has 3 aromatic rings. The summed E-state index contributed by atoms with van der Waals surface area (Å²) < 4.78 is 0. The second-order valence-corrected chi connectivity index (χ2v) is 4.29. The molecule has 4 nitrogen and oxygen atoms in total. The molecule has 0 aliphatic rings. The summed E-state index contributed by atoms with van der Waals surface area (Å²) in [5.74, 6) is 0. The fourth-order valence-electron chi connectivity index (χ4n) is 2.06. The van der Waals surface area contributed by atoms with Gasteiger partial charge in [-0.2, -0.15) is 0 Å². The zero-order chi connectivity index (χ0) is 12.7. The summed E-state index contributed by atoms with van der Waals surface area (Å²) in [7, 11) is 0. The number of non-ortho nitro benzene ring substituents is 1. The lowest BCUT2D eigenvalue weighted by atomic mass is 10.0. The normalized spacial score (nSPS) is 10.9. The Balaban J connectivity index is 2.51. The Morgan fingerprint density at radius 3 is 2.61 bits per heavy atom. The number of pyridine rings is 1. The van der Waals surface area contributed by atoms with Crippen LogP contribution < -0.4 is 0 Å². The van der Waals surface area contributed by atoms with Crippen molar-refractivity contribution >= 4 is 39.0 Å². The Bertz CT molecular complexity index is 786. The van der Waals surface area contributed by atoms with Crippen molar-refractivity contribution in [2.75, 3.05) is 0 Å². The molecule has 5 heteroatoms. The Morgan fingerprint density at radius 2 is 1.83 bits per heavy atom. The minimum Gasteiger partial charge on any atom is -0.258 e. The number of rotatable bonds is 1. The molecular formula is C13H7ClN2O2. The van der Waals surface area contributed by atoms with Crippen molar-refractivity contribution < 1.29 is 4.92 Å². The molecule has 1 heterocycles. The van der Waals surface area contributed by atoms with E-state index in [1.54, 1.807) is 18.2 Å². The maximum Gasteiger partial charge on any atom is 0.277 e. The van der Waals surface area contributed by atoms with Crippen LogP contribution in [0.2, 0.25) is 5.15 Å². The highest BCUT2D eigenvalue weighted by Crippen LogP contribution is 2.30. The van der Waals surface area contributed by atoms with Crippen molar-refractivity contribution in [1.82, 2.24) is 4.98 Å². The largest absolute Gasteiger partial charge is 0.277 e. The van der Waals surface area contributed by atoms with E-state index < -0.39 is 4.92 Å². The first-order valence-corrected chi connectivity index (χ1v) is 5.67. The molecule has 0 bridgehead atoms. The average molecular weight is 259 g/mol. The maximum atomic E-state index is 11.0. The number of nitro groups is 1. The molecule has 0 unspecified atom stereocenters. The highest BCUT2D eigenvalue weighted by Gasteiger charge is 2.13. The van der Waals surface area contributed by atoms with Crippen molar-refractivity contribution in [2.24, 2.45) is 0 Å². The minimum atomic E-state index is -0.390. The third kappa shape index (κ3) is 1.58. The van der Waals surface area contributed by atoms with E-state index in [-0.39, 0.29) is 5.69 Å². The predicted molar refractivity (Wildman–Crippen MR) is 70.9 cm³/mol. The van der Waals surface area contributed by atoms with Gasteiger partial charge in [-0.15, -0.1) is 0 Å². The first kappa shape index (κ1) is 10.9.